The first-order chi connectivity index (χ1) is 16.6. The van der Waals surface area contributed by atoms with E-state index in [1.807, 2.05) is 0 Å². The molecule has 5 rings (SSSR count). The molecule has 1 saturated carbocycles. The lowest BCUT2D eigenvalue weighted by molar-refractivity contribution is -0.167. The number of hydrogen-bond acceptors (Lipinski definition) is 9. The number of rotatable bonds is 3. The van der Waals surface area contributed by atoms with Crippen molar-refractivity contribution in [3.63, 3.8) is 0 Å². The number of pyridine rings is 1. The zero-order valence-electron chi connectivity index (χ0n) is 18.5. The first kappa shape index (κ1) is 23.2. The highest BCUT2D eigenvalue weighted by atomic mass is 16.3. The summed E-state index contributed by atoms with van der Waals surface area (Å²) in [5, 5.41) is 52.8. The van der Waals surface area contributed by atoms with Crippen molar-refractivity contribution in [3.8, 4) is 16.9 Å². The maximum atomic E-state index is 13.6. The Bertz CT molecular complexity index is 1320. The largest absolute Gasteiger partial charge is 0.508 e. The van der Waals surface area contributed by atoms with Crippen LogP contribution in [0.3, 0.4) is 0 Å². The molecule has 0 bridgehead atoms. The van der Waals surface area contributed by atoms with Crippen LogP contribution in [-0.4, -0.2) is 59.7 Å². The Morgan fingerprint density at radius 3 is 2.60 bits per heavy atom. The molecule has 5 atom stereocenters. The fraction of sp³-hybridized carbons (Fsp3) is 0.360. The number of allylic oxidation sites excluding steroid dienone is 1. The van der Waals surface area contributed by atoms with E-state index in [1.165, 1.54) is 12.3 Å². The van der Waals surface area contributed by atoms with E-state index in [0.29, 0.717) is 22.3 Å². The second-order valence-corrected chi connectivity index (χ2v) is 9.46. The molecule has 10 heteroatoms. The van der Waals surface area contributed by atoms with Gasteiger partial charge in [-0.2, -0.15) is 0 Å². The molecule has 182 valence electrons. The van der Waals surface area contributed by atoms with Crippen LogP contribution in [0.4, 0.5) is 0 Å². The van der Waals surface area contributed by atoms with E-state index in [4.69, 9.17) is 5.73 Å². The molecule has 7 N–H and O–H groups in total. The highest BCUT2D eigenvalue weighted by Crippen LogP contribution is 2.52. The Labute approximate surface area is 199 Å². The Morgan fingerprint density at radius 2 is 1.91 bits per heavy atom. The van der Waals surface area contributed by atoms with Crippen LogP contribution in [0.2, 0.25) is 0 Å². The van der Waals surface area contributed by atoms with E-state index >= 15 is 0 Å². The Hall–Kier alpha value is -3.60. The number of Topliss-reactive ketones (excluding diaryl/α,β-unsaturated/α-hetero) is 2. The van der Waals surface area contributed by atoms with Gasteiger partial charge < -0.3 is 31.3 Å². The predicted octanol–water partition coefficient (Wildman–Crippen LogP) is 0.300. The molecule has 1 heterocycles. The van der Waals surface area contributed by atoms with Crippen molar-refractivity contribution in [2.45, 2.75) is 37.6 Å². The molecule has 0 spiro atoms. The number of ketones is 2. The number of benzene rings is 1. The molecule has 1 aromatic carbocycles. The third-order valence-electron chi connectivity index (χ3n) is 7.56. The minimum atomic E-state index is -2.54. The van der Waals surface area contributed by atoms with Crippen molar-refractivity contribution >= 4 is 17.5 Å². The summed E-state index contributed by atoms with van der Waals surface area (Å²) >= 11 is 0. The number of primary amides is 1. The van der Waals surface area contributed by atoms with Crippen LogP contribution in [-0.2, 0) is 22.6 Å². The number of hydrogen-bond donors (Lipinski definition) is 6. The molecule has 2 unspecified atom stereocenters. The molecule has 1 amide bonds. The highest BCUT2D eigenvalue weighted by Gasteiger charge is 2.62. The van der Waals surface area contributed by atoms with E-state index in [2.05, 4.69) is 4.98 Å². The van der Waals surface area contributed by atoms with E-state index in [0.717, 1.165) is 0 Å². The zero-order chi connectivity index (χ0) is 25.2. The van der Waals surface area contributed by atoms with Gasteiger partial charge in [0.25, 0.3) is 0 Å². The third-order valence-corrected chi connectivity index (χ3v) is 7.56. The van der Waals surface area contributed by atoms with Crippen molar-refractivity contribution < 1.29 is 39.9 Å². The Kier molecular flexibility index (Phi) is 5.28. The minimum Gasteiger partial charge on any atom is -0.508 e. The van der Waals surface area contributed by atoms with Crippen molar-refractivity contribution in [1.29, 1.82) is 0 Å². The Morgan fingerprint density at radius 1 is 1.17 bits per heavy atom. The SMILES string of the molecule is NC(=O)C1C(=O)[C@@]2(O)C(O)=C3C(=O)c4c(O)ccc(-c5cncc(CO)c5)c4C[C@H]3C[C@H]2CC1O. The first-order valence-corrected chi connectivity index (χ1v) is 11.2. The van der Waals surface area contributed by atoms with Gasteiger partial charge in [0.2, 0.25) is 5.91 Å². The molecule has 3 aliphatic rings. The molecule has 3 aliphatic carbocycles. The van der Waals surface area contributed by atoms with Gasteiger partial charge in [0.15, 0.2) is 17.2 Å². The van der Waals surface area contributed by atoms with Crippen molar-refractivity contribution in [1.82, 2.24) is 4.98 Å². The number of carbonyl (C=O) groups excluding carboxylic acids is 3. The summed E-state index contributed by atoms with van der Waals surface area (Å²) in [6.45, 7) is -0.230. The topological polar surface area (TPSA) is 191 Å². The number of aliphatic hydroxyl groups excluding tert-OH is 3. The second-order valence-electron chi connectivity index (χ2n) is 9.46. The number of fused-ring (bicyclic) bond motifs is 3. The molecule has 1 fully saturated rings. The Balaban J connectivity index is 1.67. The minimum absolute atomic E-state index is 0.0634. The molecule has 35 heavy (non-hydrogen) atoms. The number of carbonyl (C=O) groups is 3. The van der Waals surface area contributed by atoms with Gasteiger partial charge in [-0.15, -0.1) is 0 Å². The van der Waals surface area contributed by atoms with E-state index in [1.54, 1.807) is 18.3 Å². The summed E-state index contributed by atoms with van der Waals surface area (Å²) in [4.78, 5) is 42.5. The van der Waals surface area contributed by atoms with Gasteiger partial charge in [0.05, 0.1) is 18.3 Å². The van der Waals surface area contributed by atoms with Crippen molar-refractivity contribution in [2.75, 3.05) is 0 Å². The molecule has 1 aromatic heterocycles. The fourth-order valence-corrected chi connectivity index (χ4v) is 5.92. The normalized spacial score (nSPS) is 29.9. The number of aromatic hydroxyl groups is 1. The number of phenols is 1. The number of nitrogens with two attached hydrogens (primary N) is 1. The lowest BCUT2D eigenvalue weighted by atomic mass is 9.57. The van der Waals surface area contributed by atoms with Gasteiger partial charge in [-0.1, -0.05) is 6.07 Å². The van der Waals surface area contributed by atoms with Crippen LogP contribution in [0.15, 0.2) is 41.9 Å². The summed E-state index contributed by atoms with van der Waals surface area (Å²) in [6, 6.07) is 4.69. The van der Waals surface area contributed by atoms with E-state index in [-0.39, 0.29) is 42.8 Å². The van der Waals surface area contributed by atoms with Crippen LogP contribution in [0.25, 0.3) is 11.1 Å². The van der Waals surface area contributed by atoms with Crippen molar-refractivity contribution in [3.05, 3.63) is 58.6 Å². The quantitative estimate of drug-likeness (QED) is 0.335. The van der Waals surface area contributed by atoms with Crippen LogP contribution < -0.4 is 5.73 Å². The average Bonchev–Trinajstić information content (AvgIpc) is 2.81. The number of aliphatic hydroxyl groups is 4. The third kappa shape index (κ3) is 3.21. The number of aromatic nitrogens is 1. The molecule has 0 aliphatic heterocycles. The molecular weight excluding hydrogens is 456 g/mol. The van der Waals surface area contributed by atoms with Crippen LogP contribution in [0.5, 0.6) is 5.75 Å². The van der Waals surface area contributed by atoms with Crippen LogP contribution >= 0.6 is 0 Å². The lowest BCUT2D eigenvalue weighted by Gasteiger charge is -2.48. The number of nitrogens with zero attached hydrogens (tertiary/aromatic N) is 1. The van der Waals surface area contributed by atoms with E-state index in [9.17, 15) is 39.9 Å². The number of amides is 1. The van der Waals surface area contributed by atoms with Gasteiger partial charge in [0.1, 0.15) is 17.4 Å². The van der Waals surface area contributed by atoms with E-state index < -0.39 is 52.7 Å². The number of phenolic OH excluding ortho intramolecular Hbond substituents is 1. The maximum Gasteiger partial charge on any atom is 0.230 e. The lowest BCUT2D eigenvalue weighted by Crippen LogP contribution is -2.63. The summed E-state index contributed by atoms with van der Waals surface area (Å²) in [5.41, 5.74) is 4.77. The van der Waals surface area contributed by atoms with Gasteiger partial charge >= 0.3 is 0 Å². The second kappa shape index (κ2) is 7.98. The predicted molar refractivity (Wildman–Crippen MR) is 120 cm³/mol. The first-order valence-electron chi connectivity index (χ1n) is 11.2. The summed E-state index contributed by atoms with van der Waals surface area (Å²) in [6.07, 6.45) is 1.77. The summed E-state index contributed by atoms with van der Waals surface area (Å²) in [7, 11) is 0. The van der Waals surface area contributed by atoms with Gasteiger partial charge in [-0.25, -0.2) is 0 Å². The molecule has 0 radical (unpaired) electrons. The van der Waals surface area contributed by atoms with Crippen molar-refractivity contribution in [2.24, 2.45) is 23.5 Å². The van der Waals surface area contributed by atoms with Gasteiger partial charge in [-0.3, -0.25) is 19.4 Å². The maximum absolute atomic E-state index is 13.6. The zero-order valence-corrected chi connectivity index (χ0v) is 18.5. The summed E-state index contributed by atoms with van der Waals surface area (Å²) < 4.78 is 0. The fourth-order valence-electron chi connectivity index (χ4n) is 5.92. The van der Waals surface area contributed by atoms with Crippen LogP contribution in [0, 0.1) is 17.8 Å². The molecular formula is C25H24N2O8. The molecule has 10 nitrogen and oxygen atoms in total. The monoisotopic (exact) mass is 480 g/mol. The smallest absolute Gasteiger partial charge is 0.230 e. The van der Waals surface area contributed by atoms with Crippen LogP contribution in [0.1, 0.15) is 34.3 Å². The van der Waals surface area contributed by atoms with Gasteiger partial charge in [-0.05, 0) is 54.0 Å². The molecule has 2 aromatic rings. The summed E-state index contributed by atoms with van der Waals surface area (Å²) in [5.74, 6) is -7.45. The average molecular weight is 480 g/mol. The standard InChI is InChI=1S/C25H24N2O8/c26-24(34)20-17(30)6-13-4-11-5-15-14(12-3-10(9-28)7-27-8-12)1-2-16(29)19(15)21(31)18(11)22(32)25(13,35)23(20)33/h1-3,7-8,11,13,17,20,28-30,32,35H,4-6,9H2,(H2,26,34)/t11-,13+,17?,20?,25+/m1/s1. The molecule has 0 saturated heterocycles. The highest BCUT2D eigenvalue weighted by molar-refractivity contribution is 6.16. The van der Waals surface area contributed by atoms with Gasteiger partial charge in [0, 0.05) is 29.4 Å².